The van der Waals surface area contributed by atoms with E-state index in [1.54, 1.807) is 33.4 Å². The number of benzene rings is 2. The third kappa shape index (κ3) is 6.61. The summed E-state index contributed by atoms with van der Waals surface area (Å²) in [7, 11) is 1.64. The molecule has 1 N–H and O–H groups in total. The first-order valence-corrected chi connectivity index (χ1v) is 11.5. The van der Waals surface area contributed by atoms with Crippen molar-refractivity contribution in [3.05, 3.63) is 95.2 Å². The highest BCUT2D eigenvalue weighted by molar-refractivity contribution is 5.55. The van der Waals surface area contributed by atoms with Crippen molar-refractivity contribution in [1.29, 1.82) is 0 Å². The molecule has 0 radical (unpaired) electrons. The number of aliphatic hydroxyl groups is 1. The number of ether oxygens (including phenoxy) is 2. The molecule has 2 aromatic carbocycles. The van der Waals surface area contributed by atoms with Crippen LogP contribution in [0.5, 0.6) is 11.6 Å². The van der Waals surface area contributed by atoms with Gasteiger partial charge in [0, 0.05) is 11.8 Å². The van der Waals surface area contributed by atoms with Gasteiger partial charge in [-0.3, -0.25) is 0 Å². The van der Waals surface area contributed by atoms with E-state index in [1.807, 2.05) is 49.4 Å². The minimum atomic E-state index is -0.840. The zero-order chi connectivity index (χ0) is 24.8. The summed E-state index contributed by atoms with van der Waals surface area (Å²) in [6, 6.07) is 19.5. The van der Waals surface area contributed by atoms with E-state index in [4.69, 9.17) is 9.47 Å². The summed E-state index contributed by atoms with van der Waals surface area (Å²) in [6.07, 6.45) is 3.17. The van der Waals surface area contributed by atoms with E-state index in [1.165, 1.54) is 5.56 Å². The van der Waals surface area contributed by atoms with Crippen molar-refractivity contribution in [2.45, 2.75) is 45.8 Å². The van der Waals surface area contributed by atoms with Gasteiger partial charge in [-0.05, 0) is 68.5 Å². The van der Waals surface area contributed by atoms with Crippen molar-refractivity contribution in [3.63, 3.8) is 0 Å². The molecule has 0 amide bonds. The molecular weight excluding hydrogens is 440 g/mol. The molecule has 35 heavy (non-hydrogen) atoms. The smallest absolute Gasteiger partial charge is 0.217 e. The molecule has 7 nitrogen and oxygen atoms in total. The number of rotatable bonds is 9. The van der Waals surface area contributed by atoms with Gasteiger partial charge in [0.2, 0.25) is 5.88 Å². The number of hydrogen-bond acceptors (Lipinski definition) is 7. The lowest BCUT2D eigenvalue weighted by atomic mass is 9.96. The van der Waals surface area contributed by atoms with Crippen LogP contribution in [-0.2, 0) is 25.0 Å². The number of aryl methyl sites for hydroxylation is 3. The second-order valence-electron chi connectivity index (χ2n) is 8.93. The summed E-state index contributed by atoms with van der Waals surface area (Å²) >= 11 is 0. The van der Waals surface area contributed by atoms with Crippen LogP contribution in [0.3, 0.4) is 0 Å². The molecule has 0 saturated carbocycles. The Kier molecular flexibility index (Phi) is 7.36. The quantitative estimate of drug-likeness (QED) is 0.374. The summed E-state index contributed by atoms with van der Waals surface area (Å²) in [5, 5.41) is 10.1. The molecular formula is C28H30N4O3. The first-order chi connectivity index (χ1) is 16.8. The average molecular weight is 471 g/mol. The van der Waals surface area contributed by atoms with Crippen molar-refractivity contribution in [3.8, 4) is 23.0 Å². The first kappa shape index (κ1) is 24.3. The molecule has 7 heteroatoms. The number of hydrogen-bond donors (Lipinski definition) is 1. The Hall–Kier alpha value is -3.84. The molecule has 180 valence electrons. The third-order valence-corrected chi connectivity index (χ3v) is 5.68. The molecule has 0 atom stereocenters. The largest absolute Gasteiger partial charge is 0.497 e. The van der Waals surface area contributed by atoms with Crippen LogP contribution in [0.1, 0.15) is 42.1 Å². The Morgan fingerprint density at radius 1 is 0.829 bits per heavy atom. The van der Waals surface area contributed by atoms with Crippen LogP contribution in [-0.4, -0.2) is 32.2 Å². The Morgan fingerprint density at radius 3 is 2.23 bits per heavy atom. The summed E-state index contributed by atoms with van der Waals surface area (Å²) in [6.45, 7) is 5.80. The van der Waals surface area contributed by atoms with Crippen LogP contribution in [0.4, 0.5) is 0 Å². The molecule has 0 aliphatic carbocycles. The van der Waals surface area contributed by atoms with Gasteiger partial charge in [0.15, 0.2) is 0 Å². The fourth-order valence-corrected chi connectivity index (χ4v) is 3.65. The highest BCUT2D eigenvalue weighted by Crippen LogP contribution is 2.22. The van der Waals surface area contributed by atoms with E-state index < -0.39 is 5.60 Å². The molecule has 0 bridgehead atoms. The fraction of sp³-hybridized carbons (Fsp3) is 0.286. The normalized spacial score (nSPS) is 11.3. The van der Waals surface area contributed by atoms with E-state index in [0.29, 0.717) is 24.0 Å². The van der Waals surface area contributed by atoms with E-state index in [-0.39, 0.29) is 0 Å². The van der Waals surface area contributed by atoms with Gasteiger partial charge < -0.3 is 14.6 Å². The highest BCUT2D eigenvalue weighted by atomic mass is 16.5. The van der Waals surface area contributed by atoms with Crippen LogP contribution in [0.2, 0.25) is 0 Å². The maximum absolute atomic E-state index is 10.1. The fourth-order valence-electron chi connectivity index (χ4n) is 3.65. The predicted molar refractivity (Wildman–Crippen MR) is 134 cm³/mol. The minimum absolute atomic E-state index is 0.390. The molecule has 0 fully saturated rings. The number of nitrogens with zero attached hydrogens (tertiary/aromatic N) is 4. The van der Waals surface area contributed by atoms with Gasteiger partial charge in [-0.25, -0.2) is 15.0 Å². The van der Waals surface area contributed by atoms with Gasteiger partial charge in [-0.1, -0.05) is 36.4 Å². The Morgan fingerprint density at radius 2 is 1.54 bits per heavy atom. The van der Waals surface area contributed by atoms with Crippen LogP contribution < -0.4 is 9.47 Å². The second kappa shape index (κ2) is 10.6. The number of methoxy groups -OCH3 is 1. The summed E-state index contributed by atoms with van der Waals surface area (Å²) in [5.74, 6) is 1.91. The maximum atomic E-state index is 10.1. The molecule has 2 aromatic heterocycles. The van der Waals surface area contributed by atoms with Crippen molar-refractivity contribution in [2.24, 2.45) is 0 Å². The van der Waals surface area contributed by atoms with Gasteiger partial charge in [0.05, 0.1) is 24.1 Å². The minimum Gasteiger partial charge on any atom is -0.497 e. The van der Waals surface area contributed by atoms with Crippen LogP contribution in [0.15, 0.2) is 67.0 Å². The van der Waals surface area contributed by atoms with Gasteiger partial charge >= 0.3 is 0 Å². The molecule has 0 saturated heterocycles. The van der Waals surface area contributed by atoms with Gasteiger partial charge in [-0.15, -0.1) is 0 Å². The van der Waals surface area contributed by atoms with E-state index in [2.05, 4.69) is 32.1 Å². The monoisotopic (exact) mass is 470 g/mol. The molecule has 4 rings (SSSR count). The Labute approximate surface area is 205 Å². The number of aromatic nitrogens is 4. The van der Waals surface area contributed by atoms with E-state index in [0.717, 1.165) is 41.1 Å². The zero-order valence-electron chi connectivity index (χ0n) is 20.5. The SMILES string of the molecule is COc1ccc(COc2cc(-c3cc(CCc4ccc(C(C)(C)O)cc4)ncn3)nc(C)n2)cc1. The molecule has 0 unspecified atom stereocenters. The average Bonchev–Trinajstić information content (AvgIpc) is 2.86. The van der Waals surface area contributed by atoms with E-state index in [9.17, 15) is 5.11 Å². The molecule has 2 heterocycles. The van der Waals surface area contributed by atoms with Crippen molar-refractivity contribution >= 4 is 0 Å². The molecule has 0 aliphatic rings. The van der Waals surface area contributed by atoms with Crippen molar-refractivity contribution in [1.82, 2.24) is 19.9 Å². The lowest BCUT2D eigenvalue weighted by Crippen LogP contribution is -2.15. The summed E-state index contributed by atoms with van der Waals surface area (Å²) < 4.78 is 11.1. The van der Waals surface area contributed by atoms with Gasteiger partial charge in [0.25, 0.3) is 0 Å². The van der Waals surface area contributed by atoms with E-state index >= 15 is 0 Å². The van der Waals surface area contributed by atoms with Crippen molar-refractivity contribution < 1.29 is 14.6 Å². The maximum Gasteiger partial charge on any atom is 0.217 e. The molecule has 4 aromatic rings. The van der Waals surface area contributed by atoms with Crippen LogP contribution in [0, 0.1) is 6.92 Å². The zero-order valence-corrected chi connectivity index (χ0v) is 20.5. The van der Waals surface area contributed by atoms with Crippen LogP contribution >= 0.6 is 0 Å². The standard InChI is InChI=1S/C28H30N4O3/c1-19-31-26(16-27(32-19)35-17-21-8-13-24(34-4)14-9-21)25-15-23(29-18-30-25)12-7-20-5-10-22(11-6-20)28(2,3)33/h5-6,8-11,13-16,18,33H,7,12,17H2,1-4H3. The molecule has 0 aliphatic heterocycles. The lowest BCUT2D eigenvalue weighted by molar-refractivity contribution is 0.0786. The summed E-state index contributed by atoms with van der Waals surface area (Å²) in [5.41, 5.74) is 4.61. The lowest BCUT2D eigenvalue weighted by Gasteiger charge is -2.17. The molecule has 0 spiro atoms. The first-order valence-electron chi connectivity index (χ1n) is 11.5. The topological polar surface area (TPSA) is 90.2 Å². The predicted octanol–water partition coefficient (Wildman–Crippen LogP) is 4.84. The Bertz CT molecular complexity index is 1270. The third-order valence-electron chi connectivity index (χ3n) is 5.68. The van der Waals surface area contributed by atoms with Crippen molar-refractivity contribution in [2.75, 3.05) is 7.11 Å². The Balaban J connectivity index is 1.43. The summed E-state index contributed by atoms with van der Waals surface area (Å²) in [4.78, 5) is 17.8. The van der Waals surface area contributed by atoms with Crippen LogP contribution in [0.25, 0.3) is 11.4 Å². The van der Waals surface area contributed by atoms with Gasteiger partial charge in [-0.2, -0.15) is 4.98 Å². The van der Waals surface area contributed by atoms with Gasteiger partial charge in [0.1, 0.15) is 24.5 Å². The second-order valence-corrected chi connectivity index (χ2v) is 8.93. The highest BCUT2D eigenvalue weighted by Gasteiger charge is 2.15.